The Bertz CT molecular complexity index is 507. The number of nitrogens with zero attached hydrogens (tertiary/aromatic N) is 5. The van der Waals surface area contributed by atoms with Crippen LogP contribution in [0, 0.1) is 11.3 Å². The van der Waals surface area contributed by atoms with E-state index in [9.17, 15) is 0 Å². The van der Waals surface area contributed by atoms with Crippen LogP contribution in [0.4, 0.5) is 0 Å². The summed E-state index contributed by atoms with van der Waals surface area (Å²) in [5.41, 5.74) is 5.99. The van der Waals surface area contributed by atoms with Crippen molar-refractivity contribution in [1.29, 1.82) is 5.26 Å². The van der Waals surface area contributed by atoms with Gasteiger partial charge in [-0.2, -0.15) is 15.0 Å². The Hall–Kier alpha value is -2.26. The first kappa shape index (κ1) is 10.3. The number of rotatable bonds is 3. The topological polar surface area (TPSA) is 93.4 Å². The van der Waals surface area contributed by atoms with Crippen LogP contribution in [0.15, 0.2) is 24.7 Å². The van der Waals surface area contributed by atoms with E-state index in [0.717, 1.165) is 5.82 Å². The monoisotopic (exact) mass is 214 g/mol. The third kappa shape index (κ3) is 1.89. The van der Waals surface area contributed by atoms with Crippen LogP contribution in [0.3, 0.4) is 0 Å². The van der Waals surface area contributed by atoms with Gasteiger partial charge in [0.15, 0.2) is 5.82 Å². The SMILES string of the molecule is N#Cc1ccc(-n2ncnc2CCN)nc1. The average Bonchev–Trinajstić information content (AvgIpc) is 2.78. The van der Waals surface area contributed by atoms with E-state index in [4.69, 9.17) is 11.0 Å². The first-order valence-corrected chi connectivity index (χ1v) is 4.80. The van der Waals surface area contributed by atoms with Crippen LogP contribution in [0.1, 0.15) is 11.4 Å². The molecule has 0 amide bonds. The summed E-state index contributed by atoms with van der Waals surface area (Å²) in [7, 11) is 0. The minimum atomic E-state index is 0.509. The molecule has 0 aliphatic carbocycles. The molecule has 0 atom stereocenters. The van der Waals surface area contributed by atoms with E-state index in [0.29, 0.717) is 24.3 Å². The van der Waals surface area contributed by atoms with Crippen LogP contribution in [0.5, 0.6) is 0 Å². The third-order valence-electron chi connectivity index (χ3n) is 2.08. The van der Waals surface area contributed by atoms with Crippen LogP contribution in [0.25, 0.3) is 5.82 Å². The van der Waals surface area contributed by atoms with E-state index in [1.165, 1.54) is 12.5 Å². The van der Waals surface area contributed by atoms with E-state index in [-0.39, 0.29) is 0 Å². The molecule has 0 spiro atoms. The van der Waals surface area contributed by atoms with E-state index in [1.54, 1.807) is 16.8 Å². The van der Waals surface area contributed by atoms with Gasteiger partial charge in [0, 0.05) is 12.6 Å². The van der Waals surface area contributed by atoms with Crippen LogP contribution in [-0.2, 0) is 6.42 Å². The summed E-state index contributed by atoms with van der Waals surface area (Å²) < 4.78 is 1.62. The maximum absolute atomic E-state index is 8.66. The normalized spacial score (nSPS) is 10.0. The van der Waals surface area contributed by atoms with Crippen molar-refractivity contribution in [3.63, 3.8) is 0 Å². The molecule has 0 saturated heterocycles. The number of hydrogen-bond acceptors (Lipinski definition) is 5. The summed E-state index contributed by atoms with van der Waals surface area (Å²) in [4.78, 5) is 8.22. The van der Waals surface area contributed by atoms with E-state index in [2.05, 4.69) is 15.1 Å². The molecule has 0 saturated carbocycles. The molecule has 2 aromatic rings. The molecule has 16 heavy (non-hydrogen) atoms. The zero-order valence-electron chi connectivity index (χ0n) is 8.54. The maximum Gasteiger partial charge on any atom is 0.155 e. The highest BCUT2D eigenvalue weighted by atomic mass is 15.4. The summed E-state index contributed by atoms with van der Waals surface area (Å²) in [6, 6.07) is 5.43. The van der Waals surface area contributed by atoms with Gasteiger partial charge in [0.1, 0.15) is 18.2 Å². The number of hydrogen-bond donors (Lipinski definition) is 1. The second kappa shape index (κ2) is 4.51. The van der Waals surface area contributed by atoms with Gasteiger partial charge in [-0.05, 0) is 18.7 Å². The van der Waals surface area contributed by atoms with Crippen LogP contribution < -0.4 is 5.73 Å². The Labute approximate surface area is 92.4 Å². The van der Waals surface area contributed by atoms with Crippen molar-refractivity contribution in [1.82, 2.24) is 19.7 Å². The van der Waals surface area contributed by atoms with Crippen molar-refractivity contribution in [2.24, 2.45) is 5.73 Å². The highest BCUT2D eigenvalue weighted by Gasteiger charge is 2.06. The van der Waals surface area contributed by atoms with Gasteiger partial charge in [0.2, 0.25) is 0 Å². The lowest BCUT2D eigenvalue weighted by molar-refractivity contribution is 0.758. The lowest BCUT2D eigenvalue weighted by Crippen LogP contribution is -2.10. The fourth-order valence-electron chi connectivity index (χ4n) is 1.33. The minimum absolute atomic E-state index is 0.509. The number of nitrogens with two attached hydrogens (primary N) is 1. The minimum Gasteiger partial charge on any atom is -0.330 e. The average molecular weight is 214 g/mol. The van der Waals surface area contributed by atoms with Crippen LogP contribution in [-0.4, -0.2) is 26.3 Å². The summed E-state index contributed by atoms with van der Waals surface area (Å²) in [6.45, 7) is 0.509. The standard InChI is InChI=1S/C10H10N6/c11-4-3-10-14-7-15-16(10)9-2-1-8(5-12)6-13-9/h1-2,6-7H,3-4,11H2. The molecule has 80 valence electrons. The molecule has 2 heterocycles. The molecule has 0 aliphatic heterocycles. The van der Waals surface area contributed by atoms with Crippen molar-refractivity contribution >= 4 is 0 Å². The lowest BCUT2D eigenvalue weighted by atomic mass is 10.3. The van der Waals surface area contributed by atoms with E-state index in [1.807, 2.05) is 6.07 Å². The lowest BCUT2D eigenvalue weighted by Gasteiger charge is -2.03. The smallest absolute Gasteiger partial charge is 0.155 e. The summed E-state index contributed by atoms with van der Waals surface area (Å²) in [5.74, 6) is 1.40. The Kier molecular flexibility index (Phi) is 2.89. The highest BCUT2D eigenvalue weighted by Crippen LogP contribution is 2.06. The molecule has 0 aliphatic rings. The fourth-order valence-corrected chi connectivity index (χ4v) is 1.33. The van der Waals surface area contributed by atoms with Gasteiger partial charge >= 0.3 is 0 Å². The quantitative estimate of drug-likeness (QED) is 0.778. The van der Waals surface area contributed by atoms with Gasteiger partial charge in [-0.1, -0.05) is 0 Å². The van der Waals surface area contributed by atoms with Crippen LogP contribution in [0.2, 0.25) is 0 Å². The van der Waals surface area contributed by atoms with Gasteiger partial charge < -0.3 is 5.73 Å². The molecule has 6 heteroatoms. The predicted octanol–water partition coefficient (Wildman–Crippen LogP) is 0.0352. The Morgan fingerprint density at radius 2 is 2.25 bits per heavy atom. The Morgan fingerprint density at radius 1 is 1.38 bits per heavy atom. The van der Waals surface area contributed by atoms with Crippen molar-refractivity contribution in [2.45, 2.75) is 6.42 Å². The summed E-state index contributed by atoms with van der Waals surface area (Å²) >= 11 is 0. The highest BCUT2D eigenvalue weighted by molar-refractivity contribution is 5.31. The first-order chi connectivity index (χ1) is 7.85. The van der Waals surface area contributed by atoms with Gasteiger partial charge in [-0.3, -0.25) is 0 Å². The molecular formula is C10H10N6. The molecule has 0 radical (unpaired) electrons. The number of nitriles is 1. The molecule has 0 aromatic carbocycles. The second-order valence-corrected chi connectivity index (χ2v) is 3.14. The molecule has 2 N–H and O–H groups in total. The fraction of sp³-hybridized carbons (Fsp3) is 0.200. The molecular weight excluding hydrogens is 204 g/mol. The van der Waals surface area contributed by atoms with Crippen molar-refractivity contribution < 1.29 is 0 Å². The molecule has 0 unspecified atom stereocenters. The van der Waals surface area contributed by atoms with Gasteiger partial charge in [-0.25, -0.2) is 9.97 Å². The van der Waals surface area contributed by atoms with Gasteiger partial charge in [0.25, 0.3) is 0 Å². The molecule has 0 bridgehead atoms. The summed E-state index contributed by atoms with van der Waals surface area (Å²) in [5, 5.41) is 12.7. The van der Waals surface area contributed by atoms with Crippen LogP contribution >= 0.6 is 0 Å². The van der Waals surface area contributed by atoms with Crippen molar-refractivity contribution in [2.75, 3.05) is 6.54 Å². The largest absolute Gasteiger partial charge is 0.330 e. The second-order valence-electron chi connectivity index (χ2n) is 3.14. The predicted molar refractivity (Wildman–Crippen MR) is 56.6 cm³/mol. The molecule has 2 aromatic heterocycles. The Balaban J connectivity index is 2.35. The van der Waals surface area contributed by atoms with Gasteiger partial charge in [-0.15, -0.1) is 0 Å². The molecule has 6 nitrogen and oxygen atoms in total. The molecule has 2 rings (SSSR count). The zero-order valence-corrected chi connectivity index (χ0v) is 8.54. The molecule has 0 fully saturated rings. The zero-order chi connectivity index (χ0) is 11.4. The number of pyridine rings is 1. The number of aromatic nitrogens is 4. The van der Waals surface area contributed by atoms with Crippen molar-refractivity contribution in [3.05, 3.63) is 36.0 Å². The van der Waals surface area contributed by atoms with E-state index < -0.39 is 0 Å². The Morgan fingerprint density at radius 3 is 2.88 bits per heavy atom. The van der Waals surface area contributed by atoms with Crippen molar-refractivity contribution in [3.8, 4) is 11.9 Å². The first-order valence-electron chi connectivity index (χ1n) is 4.80. The maximum atomic E-state index is 8.66. The third-order valence-corrected chi connectivity index (χ3v) is 2.08. The summed E-state index contributed by atoms with van der Waals surface area (Å²) in [6.07, 6.45) is 3.61. The van der Waals surface area contributed by atoms with Gasteiger partial charge in [0.05, 0.1) is 5.56 Å². The van der Waals surface area contributed by atoms with E-state index >= 15 is 0 Å².